The van der Waals surface area contributed by atoms with Crippen LogP contribution in [0.25, 0.3) is 0 Å². The third kappa shape index (κ3) is 30.8. The van der Waals surface area contributed by atoms with Crippen molar-refractivity contribution in [2.45, 2.75) is 168 Å². The summed E-state index contributed by atoms with van der Waals surface area (Å²) in [5.74, 6) is -0.838. The maximum absolute atomic E-state index is 12.4. The van der Waals surface area contributed by atoms with Crippen LogP contribution in [0.5, 0.6) is 0 Å². The Labute approximate surface area is 269 Å². The third-order valence-electron chi connectivity index (χ3n) is 7.40. The summed E-state index contributed by atoms with van der Waals surface area (Å²) in [6.07, 6.45) is 28.1. The summed E-state index contributed by atoms with van der Waals surface area (Å²) in [7, 11) is -4.36. The second-order valence-corrected chi connectivity index (χ2v) is 13.2. The third-order valence-corrected chi connectivity index (χ3v) is 8.39. The number of hydrogen-bond acceptors (Lipinski definition) is 8. The van der Waals surface area contributed by atoms with Gasteiger partial charge in [-0.3, -0.25) is 18.6 Å². The van der Waals surface area contributed by atoms with Crippen LogP contribution in [0, 0.1) is 0 Å². The SMILES string of the molecule is CCCCCC/C=C/CCCCCCCC(=O)OC[C@H](COP(=O)(O)OCCN)OC(=O)CCCCCCCCCCCC. The van der Waals surface area contributed by atoms with Crippen LogP contribution >= 0.6 is 7.82 Å². The molecule has 0 aliphatic rings. The van der Waals surface area contributed by atoms with E-state index >= 15 is 0 Å². The Morgan fingerprint density at radius 2 is 1.11 bits per heavy atom. The molecule has 1 unspecified atom stereocenters. The van der Waals surface area contributed by atoms with Crippen LogP contribution in [0.4, 0.5) is 0 Å². The van der Waals surface area contributed by atoms with Crippen molar-refractivity contribution in [1.82, 2.24) is 0 Å². The molecule has 0 aromatic rings. The molecule has 0 fully saturated rings. The maximum atomic E-state index is 12.4. The molecule has 0 aliphatic heterocycles. The van der Waals surface area contributed by atoms with Crippen LogP contribution in [-0.4, -0.2) is 49.3 Å². The first kappa shape index (κ1) is 42.8. The molecule has 44 heavy (non-hydrogen) atoms. The molecule has 0 aromatic heterocycles. The van der Waals surface area contributed by atoms with E-state index in [4.69, 9.17) is 24.3 Å². The van der Waals surface area contributed by atoms with Crippen LogP contribution in [0.15, 0.2) is 12.2 Å². The topological polar surface area (TPSA) is 134 Å². The van der Waals surface area contributed by atoms with Crippen LogP contribution in [-0.2, 0) is 32.7 Å². The van der Waals surface area contributed by atoms with E-state index in [1.807, 2.05) is 0 Å². The summed E-state index contributed by atoms with van der Waals surface area (Å²) in [6.45, 7) is 3.68. The number of rotatable bonds is 33. The monoisotopic (exact) mass is 647 g/mol. The lowest BCUT2D eigenvalue weighted by Crippen LogP contribution is -2.29. The van der Waals surface area contributed by atoms with Crippen molar-refractivity contribution in [3.63, 3.8) is 0 Å². The van der Waals surface area contributed by atoms with Gasteiger partial charge in [-0.15, -0.1) is 0 Å². The van der Waals surface area contributed by atoms with E-state index in [-0.39, 0.29) is 32.6 Å². The molecule has 0 saturated carbocycles. The fraction of sp³-hybridized carbons (Fsp3) is 0.882. The van der Waals surface area contributed by atoms with Gasteiger partial charge in [0.05, 0.1) is 13.2 Å². The molecule has 0 bridgehead atoms. The van der Waals surface area contributed by atoms with E-state index in [0.717, 1.165) is 51.4 Å². The van der Waals surface area contributed by atoms with Gasteiger partial charge in [0.15, 0.2) is 6.10 Å². The highest BCUT2D eigenvalue weighted by molar-refractivity contribution is 7.47. The van der Waals surface area contributed by atoms with Gasteiger partial charge in [0.25, 0.3) is 0 Å². The molecular formula is C34H66NO8P. The summed E-state index contributed by atoms with van der Waals surface area (Å²) in [4.78, 5) is 34.5. The van der Waals surface area contributed by atoms with E-state index in [0.29, 0.717) is 6.42 Å². The summed E-state index contributed by atoms with van der Waals surface area (Å²) in [6, 6.07) is 0. The molecule has 0 amide bonds. The Bertz CT molecular complexity index is 749. The molecule has 9 nitrogen and oxygen atoms in total. The van der Waals surface area contributed by atoms with Crippen LogP contribution in [0.2, 0.25) is 0 Å². The molecule has 0 heterocycles. The van der Waals surface area contributed by atoms with Crippen LogP contribution in [0.3, 0.4) is 0 Å². The number of hydrogen-bond donors (Lipinski definition) is 2. The minimum atomic E-state index is -4.36. The van der Waals surface area contributed by atoms with E-state index in [2.05, 4.69) is 26.0 Å². The number of phosphoric ester groups is 1. The summed E-state index contributed by atoms with van der Waals surface area (Å²) < 4.78 is 32.5. The van der Waals surface area contributed by atoms with Crippen molar-refractivity contribution >= 4 is 19.8 Å². The molecular weight excluding hydrogens is 581 g/mol. The van der Waals surface area contributed by atoms with Gasteiger partial charge in [-0.05, 0) is 38.5 Å². The highest BCUT2D eigenvalue weighted by Crippen LogP contribution is 2.43. The van der Waals surface area contributed by atoms with Crippen molar-refractivity contribution in [3.8, 4) is 0 Å². The van der Waals surface area contributed by atoms with Crippen molar-refractivity contribution < 1.29 is 37.6 Å². The number of nitrogens with two attached hydrogens (primary N) is 1. The van der Waals surface area contributed by atoms with Crippen molar-refractivity contribution in [2.75, 3.05) is 26.4 Å². The highest BCUT2D eigenvalue weighted by atomic mass is 31.2. The van der Waals surface area contributed by atoms with Gasteiger partial charge in [0, 0.05) is 19.4 Å². The standard InChI is InChI=1S/C34H66NO8P/c1-3-5-7-9-11-13-15-16-17-19-20-22-24-26-33(36)40-30-32(31-42-44(38,39)41-29-28-35)43-34(37)27-25-23-21-18-14-12-10-8-6-4-2/h13,15,32H,3-12,14,16-31,35H2,1-2H3,(H,38,39)/b15-13+/t32-/m1/s1. The van der Waals surface area contributed by atoms with Gasteiger partial charge in [-0.25, -0.2) is 4.57 Å². The predicted molar refractivity (Wildman–Crippen MR) is 178 cm³/mol. The molecule has 10 heteroatoms. The number of carbonyl (C=O) groups is 2. The van der Waals surface area contributed by atoms with Crippen molar-refractivity contribution in [2.24, 2.45) is 5.73 Å². The Morgan fingerprint density at radius 1 is 0.659 bits per heavy atom. The first-order chi connectivity index (χ1) is 21.3. The number of carbonyl (C=O) groups excluding carboxylic acids is 2. The first-order valence-electron chi connectivity index (χ1n) is 17.7. The average molecular weight is 648 g/mol. The van der Waals surface area contributed by atoms with E-state index in [1.54, 1.807) is 0 Å². The molecule has 2 atom stereocenters. The Morgan fingerprint density at radius 3 is 1.64 bits per heavy atom. The zero-order valence-corrected chi connectivity index (χ0v) is 29.0. The fourth-order valence-electron chi connectivity index (χ4n) is 4.74. The normalized spacial score (nSPS) is 13.6. The number of esters is 2. The van der Waals surface area contributed by atoms with Crippen LogP contribution in [0.1, 0.15) is 162 Å². The summed E-state index contributed by atoms with van der Waals surface area (Å²) in [5, 5.41) is 0. The van der Waals surface area contributed by atoms with E-state index in [9.17, 15) is 19.0 Å². The zero-order chi connectivity index (χ0) is 32.6. The Balaban J connectivity index is 4.26. The second-order valence-electron chi connectivity index (χ2n) is 11.7. The first-order valence-corrected chi connectivity index (χ1v) is 19.2. The molecule has 3 N–H and O–H groups in total. The quantitative estimate of drug-likeness (QED) is 0.0309. The number of unbranched alkanes of at least 4 members (excludes halogenated alkanes) is 18. The minimum absolute atomic E-state index is 0.0546. The highest BCUT2D eigenvalue weighted by Gasteiger charge is 2.25. The van der Waals surface area contributed by atoms with Gasteiger partial charge >= 0.3 is 19.8 Å². The molecule has 0 aromatic carbocycles. The summed E-state index contributed by atoms with van der Waals surface area (Å²) in [5.41, 5.74) is 5.31. The molecule has 0 radical (unpaired) electrons. The molecule has 260 valence electrons. The minimum Gasteiger partial charge on any atom is -0.462 e. The van der Waals surface area contributed by atoms with E-state index < -0.39 is 32.5 Å². The fourth-order valence-corrected chi connectivity index (χ4v) is 5.51. The number of allylic oxidation sites excluding steroid dienone is 2. The predicted octanol–water partition coefficient (Wildman–Crippen LogP) is 9.10. The van der Waals surface area contributed by atoms with E-state index in [1.165, 1.54) is 77.0 Å². The van der Waals surface area contributed by atoms with Gasteiger partial charge in [-0.1, -0.05) is 122 Å². The van der Waals surface area contributed by atoms with Gasteiger partial charge in [0.2, 0.25) is 0 Å². The van der Waals surface area contributed by atoms with Crippen LogP contribution < -0.4 is 5.73 Å². The lowest BCUT2D eigenvalue weighted by molar-refractivity contribution is -0.161. The average Bonchev–Trinajstić information content (AvgIpc) is 3.00. The molecule has 0 aliphatic carbocycles. The molecule has 0 saturated heterocycles. The largest absolute Gasteiger partial charge is 0.472 e. The second kappa shape index (κ2) is 31.7. The Kier molecular flexibility index (Phi) is 30.8. The van der Waals surface area contributed by atoms with Gasteiger partial charge in [0.1, 0.15) is 6.61 Å². The van der Waals surface area contributed by atoms with Gasteiger partial charge in [-0.2, -0.15) is 0 Å². The molecule has 0 rings (SSSR count). The van der Waals surface area contributed by atoms with Crippen molar-refractivity contribution in [3.05, 3.63) is 12.2 Å². The maximum Gasteiger partial charge on any atom is 0.472 e. The Hall–Kier alpha value is -1.25. The lowest BCUT2D eigenvalue weighted by atomic mass is 10.1. The zero-order valence-electron chi connectivity index (χ0n) is 28.2. The number of phosphoric acid groups is 1. The van der Waals surface area contributed by atoms with Crippen molar-refractivity contribution in [1.29, 1.82) is 0 Å². The molecule has 0 spiro atoms. The number of ether oxygens (including phenoxy) is 2. The van der Waals surface area contributed by atoms with Gasteiger partial charge < -0.3 is 20.1 Å². The smallest absolute Gasteiger partial charge is 0.462 e. The summed E-state index contributed by atoms with van der Waals surface area (Å²) >= 11 is 0. The lowest BCUT2D eigenvalue weighted by Gasteiger charge is -2.19.